The van der Waals surface area contributed by atoms with Crippen LogP contribution in [0.15, 0.2) is 48.5 Å². The van der Waals surface area contributed by atoms with E-state index in [0.717, 1.165) is 5.56 Å². The zero-order valence-electron chi connectivity index (χ0n) is 15.7. The summed E-state index contributed by atoms with van der Waals surface area (Å²) in [7, 11) is -1.98. The first-order valence-electron chi connectivity index (χ1n) is 8.48. The summed E-state index contributed by atoms with van der Waals surface area (Å²) in [6, 6.07) is 15.0. The van der Waals surface area contributed by atoms with E-state index in [0.29, 0.717) is 16.8 Å². The quantitative estimate of drug-likeness (QED) is 0.767. The van der Waals surface area contributed by atoms with Crippen LogP contribution in [-0.2, 0) is 20.4 Å². The molecule has 2 amide bonds. The van der Waals surface area contributed by atoms with Crippen molar-refractivity contribution < 1.29 is 18.0 Å². The fourth-order valence-electron chi connectivity index (χ4n) is 2.49. The molecule has 2 aromatic rings. The van der Waals surface area contributed by atoms with Crippen molar-refractivity contribution >= 4 is 27.3 Å². The third-order valence-corrected chi connectivity index (χ3v) is 5.28. The maximum Gasteiger partial charge on any atom is 0.254 e. The van der Waals surface area contributed by atoms with Crippen LogP contribution in [0.3, 0.4) is 0 Å². The van der Waals surface area contributed by atoms with Crippen LogP contribution in [0.5, 0.6) is 0 Å². The number of aryl methyl sites for hydroxylation is 1. The molecule has 0 aliphatic rings. The second-order valence-electron chi connectivity index (χ2n) is 6.46. The van der Waals surface area contributed by atoms with Crippen LogP contribution in [-0.4, -0.2) is 44.5 Å². The Kier molecular flexibility index (Phi) is 6.90. The lowest BCUT2D eigenvalue weighted by Gasteiger charge is -2.17. The van der Waals surface area contributed by atoms with Gasteiger partial charge in [0.05, 0.1) is 18.4 Å². The van der Waals surface area contributed by atoms with E-state index in [9.17, 15) is 18.0 Å². The molecule has 0 aliphatic heterocycles. The number of hydrogen-bond acceptors (Lipinski definition) is 5. The third kappa shape index (κ3) is 6.21. The molecule has 0 bridgehead atoms. The van der Waals surface area contributed by atoms with Crippen molar-refractivity contribution in [2.75, 3.05) is 24.7 Å². The highest BCUT2D eigenvalue weighted by molar-refractivity contribution is 7.90. The lowest BCUT2D eigenvalue weighted by atomic mass is 10.1. The van der Waals surface area contributed by atoms with E-state index in [1.54, 1.807) is 18.2 Å². The minimum atomic E-state index is -3.49. The highest BCUT2D eigenvalue weighted by Gasteiger charge is 2.16. The van der Waals surface area contributed by atoms with Gasteiger partial charge in [-0.05, 0) is 36.8 Å². The molecule has 2 aromatic carbocycles. The van der Waals surface area contributed by atoms with E-state index < -0.39 is 15.6 Å². The lowest BCUT2D eigenvalue weighted by molar-refractivity contribution is -0.116. The minimum Gasteiger partial charge on any atom is -0.332 e. The number of benzene rings is 2. The van der Waals surface area contributed by atoms with Gasteiger partial charge in [0.1, 0.15) is 5.75 Å². The summed E-state index contributed by atoms with van der Waals surface area (Å²) in [6.07, 6.45) is 0. The molecule has 2 rings (SSSR count). The third-order valence-electron chi connectivity index (χ3n) is 3.93. The molecule has 0 heterocycles. The van der Waals surface area contributed by atoms with E-state index in [2.05, 4.69) is 5.32 Å². The Morgan fingerprint density at radius 2 is 1.68 bits per heavy atom. The van der Waals surface area contributed by atoms with Crippen LogP contribution in [0.1, 0.15) is 21.5 Å². The van der Waals surface area contributed by atoms with Gasteiger partial charge in [-0.15, -0.1) is 0 Å². The first kappa shape index (κ1) is 21.1. The molecule has 146 valence electrons. The Hall–Kier alpha value is -3.18. The average Bonchev–Trinajstić information content (AvgIpc) is 2.63. The smallest absolute Gasteiger partial charge is 0.254 e. The Morgan fingerprint density at radius 3 is 2.25 bits per heavy atom. The number of carbonyl (C=O) groups excluding carboxylic acids is 2. The van der Waals surface area contributed by atoms with Gasteiger partial charge in [0.25, 0.3) is 5.91 Å². The van der Waals surface area contributed by atoms with Crippen molar-refractivity contribution in [1.29, 1.82) is 5.26 Å². The Morgan fingerprint density at radius 1 is 1.07 bits per heavy atom. The van der Waals surface area contributed by atoms with E-state index in [4.69, 9.17) is 5.26 Å². The van der Waals surface area contributed by atoms with Gasteiger partial charge in [-0.1, -0.05) is 29.8 Å². The largest absolute Gasteiger partial charge is 0.332 e. The normalized spacial score (nSPS) is 10.8. The summed E-state index contributed by atoms with van der Waals surface area (Å²) in [6.45, 7) is 1.83. The topological polar surface area (TPSA) is 107 Å². The van der Waals surface area contributed by atoms with Gasteiger partial charge >= 0.3 is 0 Å². The van der Waals surface area contributed by atoms with Gasteiger partial charge < -0.3 is 10.2 Å². The van der Waals surface area contributed by atoms with Gasteiger partial charge in [-0.25, -0.2) is 8.42 Å². The predicted molar refractivity (Wildman–Crippen MR) is 106 cm³/mol. The predicted octanol–water partition coefficient (Wildman–Crippen LogP) is 2.14. The first-order valence-corrected chi connectivity index (χ1v) is 10.3. The molecule has 28 heavy (non-hydrogen) atoms. The molecule has 0 saturated heterocycles. The van der Waals surface area contributed by atoms with Crippen molar-refractivity contribution in [3.8, 4) is 6.07 Å². The highest BCUT2D eigenvalue weighted by atomic mass is 32.2. The van der Waals surface area contributed by atoms with Crippen LogP contribution in [0.2, 0.25) is 0 Å². The van der Waals surface area contributed by atoms with Crippen molar-refractivity contribution in [3.63, 3.8) is 0 Å². The number of anilines is 1. The molecule has 8 heteroatoms. The van der Waals surface area contributed by atoms with Gasteiger partial charge in [-0.2, -0.15) is 5.26 Å². The molecule has 0 unspecified atom stereocenters. The van der Waals surface area contributed by atoms with E-state index >= 15 is 0 Å². The molecule has 1 N–H and O–H groups in total. The Bertz CT molecular complexity index is 991. The van der Waals surface area contributed by atoms with Crippen LogP contribution < -0.4 is 5.32 Å². The highest BCUT2D eigenvalue weighted by Crippen LogP contribution is 2.12. The van der Waals surface area contributed by atoms with Gasteiger partial charge in [0.15, 0.2) is 9.84 Å². The molecule has 7 nitrogen and oxygen atoms in total. The molecule has 0 aromatic heterocycles. The van der Waals surface area contributed by atoms with Gasteiger partial charge in [0, 0.05) is 18.3 Å². The average molecular weight is 399 g/mol. The van der Waals surface area contributed by atoms with Crippen LogP contribution in [0.25, 0.3) is 0 Å². The number of hydrogen-bond donors (Lipinski definition) is 1. The van der Waals surface area contributed by atoms with E-state index in [1.807, 2.05) is 19.1 Å². The Balaban J connectivity index is 1.96. The van der Waals surface area contributed by atoms with Crippen LogP contribution in [0, 0.1) is 18.3 Å². The maximum absolute atomic E-state index is 12.5. The van der Waals surface area contributed by atoms with Crippen molar-refractivity contribution in [3.05, 3.63) is 65.2 Å². The number of carbonyl (C=O) groups is 2. The zero-order valence-corrected chi connectivity index (χ0v) is 16.5. The first-order chi connectivity index (χ1) is 13.2. The molecular weight excluding hydrogens is 378 g/mol. The van der Waals surface area contributed by atoms with Crippen molar-refractivity contribution in [2.24, 2.45) is 0 Å². The van der Waals surface area contributed by atoms with Crippen molar-refractivity contribution in [1.82, 2.24) is 4.90 Å². The second-order valence-corrected chi connectivity index (χ2v) is 8.53. The number of nitrogens with one attached hydrogen (secondary N) is 1. The summed E-state index contributed by atoms with van der Waals surface area (Å²) in [5, 5.41) is 11.3. The number of amides is 2. The summed E-state index contributed by atoms with van der Waals surface area (Å²) in [5.41, 5.74) is 2.56. The Labute approximate surface area is 164 Å². The molecule has 0 spiro atoms. The van der Waals surface area contributed by atoms with E-state index in [1.165, 1.54) is 36.2 Å². The molecule has 0 aliphatic carbocycles. The zero-order chi connectivity index (χ0) is 20.7. The lowest BCUT2D eigenvalue weighted by Crippen LogP contribution is -2.34. The second kappa shape index (κ2) is 9.15. The van der Waals surface area contributed by atoms with Gasteiger partial charge in [-0.3, -0.25) is 9.59 Å². The number of nitrogens with zero attached hydrogens (tertiary/aromatic N) is 2. The van der Waals surface area contributed by atoms with Crippen LogP contribution in [0.4, 0.5) is 5.69 Å². The monoisotopic (exact) mass is 399 g/mol. The number of rotatable bonds is 7. The summed E-state index contributed by atoms with van der Waals surface area (Å²) >= 11 is 0. The maximum atomic E-state index is 12.5. The van der Waals surface area contributed by atoms with Gasteiger partial charge in [0.2, 0.25) is 5.91 Å². The fourth-order valence-corrected chi connectivity index (χ4v) is 3.49. The fraction of sp³-hybridized carbons (Fsp3) is 0.250. The summed E-state index contributed by atoms with van der Waals surface area (Å²) in [5.74, 6) is -1.49. The summed E-state index contributed by atoms with van der Waals surface area (Å²) in [4.78, 5) is 25.9. The van der Waals surface area contributed by atoms with E-state index in [-0.39, 0.29) is 24.1 Å². The van der Waals surface area contributed by atoms with Crippen molar-refractivity contribution in [2.45, 2.75) is 12.7 Å². The number of nitriles is 1. The number of likely N-dealkylation sites (N-methyl/N-ethyl adjacent to an activating group) is 1. The van der Waals surface area contributed by atoms with Crippen LogP contribution >= 0.6 is 0 Å². The SMILES string of the molecule is Cc1ccc(NC(=O)CN(C)C(=O)c2ccc(CS(=O)(=O)CC#N)cc2)cc1. The molecule has 0 saturated carbocycles. The standard InChI is InChI=1S/C20H21N3O4S/c1-15-3-9-18(10-4-15)22-19(24)13-23(2)20(25)17-7-5-16(6-8-17)14-28(26,27)12-11-21/h3-10H,12-14H2,1-2H3,(H,22,24). The minimum absolute atomic E-state index is 0.120. The number of sulfone groups is 1. The molecular formula is C20H21N3O4S. The molecule has 0 radical (unpaired) electrons. The molecule has 0 fully saturated rings. The summed E-state index contributed by atoms with van der Waals surface area (Å²) < 4.78 is 23.3. The molecule has 0 atom stereocenters.